The highest BCUT2D eigenvalue weighted by Crippen LogP contribution is 2.18. The lowest BCUT2D eigenvalue weighted by molar-refractivity contribution is 0.0627. The van der Waals surface area contributed by atoms with Crippen LogP contribution in [-0.2, 0) is 6.54 Å². The first-order valence-corrected chi connectivity index (χ1v) is 9.79. The van der Waals surface area contributed by atoms with E-state index in [1.165, 1.54) is 11.4 Å². The first kappa shape index (κ1) is 18.4. The van der Waals surface area contributed by atoms with Crippen molar-refractivity contribution in [2.24, 2.45) is 0 Å². The molecule has 5 heteroatoms. The third-order valence-corrected chi connectivity index (χ3v) is 5.41. The molecule has 1 aliphatic heterocycles. The monoisotopic (exact) mass is 374 g/mol. The Bertz CT molecular complexity index is 919. The van der Waals surface area contributed by atoms with Gasteiger partial charge in [-0.3, -0.25) is 14.7 Å². The predicted octanol–water partition coefficient (Wildman–Crippen LogP) is 3.45. The standard InChI is InChI=1S/C23H26N4O/c1-18-6-7-19(2)27(18)22-10-8-20(9-11-22)23(28)26-15-13-25(14-16-26)17-21-5-3-4-12-24-21/h3-12H,13-17H2,1-2H3. The highest BCUT2D eigenvalue weighted by atomic mass is 16.2. The number of rotatable bonds is 4. The van der Waals surface area contributed by atoms with E-state index in [-0.39, 0.29) is 5.91 Å². The van der Waals surface area contributed by atoms with Crippen LogP contribution in [0.1, 0.15) is 27.4 Å². The second-order valence-corrected chi connectivity index (χ2v) is 7.39. The zero-order valence-electron chi connectivity index (χ0n) is 16.5. The molecule has 0 bridgehead atoms. The van der Waals surface area contributed by atoms with Crippen LogP contribution < -0.4 is 0 Å². The molecule has 1 fully saturated rings. The van der Waals surface area contributed by atoms with Gasteiger partial charge in [-0.2, -0.15) is 0 Å². The van der Waals surface area contributed by atoms with Crippen LogP contribution in [0.4, 0.5) is 0 Å². The molecule has 2 aromatic heterocycles. The fourth-order valence-electron chi connectivity index (χ4n) is 3.84. The van der Waals surface area contributed by atoms with E-state index in [4.69, 9.17) is 0 Å². The van der Waals surface area contributed by atoms with E-state index in [2.05, 4.69) is 40.4 Å². The topological polar surface area (TPSA) is 41.4 Å². The number of nitrogens with zero attached hydrogens (tertiary/aromatic N) is 4. The van der Waals surface area contributed by atoms with Crippen molar-refractivity contribution < 1.29 is 4.79 Å². The zero-order valence-corrected chi connectivity index (χ0v) is 16.5. The van der Waals surface area contributed by atoms with Crippen LogP contribution in [0.25, 0.3) is 5.69 Å². The molecule has 144 valence electrons. The van der Waals surface area contributed by atoms with Crippen LogP contribution >= 0.6 is 0 Å². The molecule has 0 N–H and O–H groups in total. The quantitative estimate of drug-likeness (QED) is 0.702. The molecule has 1 amide bonds. The number of hydrogen-bond donors (Lipinski definition) is 0. The molecule has 28 heavy (non-hydrogen) atoms. The zero-order chi connectivity index (χ0) is 19.5. The van der Waals surface area contributed by atoms with Crippen molar-refractivity contribution in [2.75, 3.05) is 26.2 Å². The minimum atomic E-state index is 0.116. The lowest BCUT2D eigenvalue weighted by Crippen LogP contribution is -2.48. The maximum absolute atomic E-state index is 12.9. The van der Waals surface area contributed by atoms with E-state index < -0.39 is 0 Å². The number of amides is 1. The van der Waals surface area contributed by atoms with Crippen LogP contribution in [-0.4, -0.2) is 51.4 Å². The summed E-state index contributed by atoms with van der Waals surface area (Å²) in [5, 5.41) is 0. The fraction of sp³-hybridized carbons (Fsp3) is 0.304. The van der Waals surface area contributed by atoms with Gasteiger partial charge in [0.2, 0.25) is 0 Å². The van der Waals surface area contributed by atoms with Gasteiger partial charge < -0.3 is 9.47 Å². The molecule has 3 heterocycles. The summed E-state index contributed by atoms with van der Waals surface area (Å²) < 4.78 is 2.20. The van der Waals surface area contributed by atoms with Crippen molar-refractivity contribution in [3.63, 3.8) is 0 Å². The fourth-order valence-corrected chi connectivity index (χ4v) is 3.84. The summed E-state index contributed by atoms with van der Waals surface area (Å²) in [6, 6.07) is 18.2. The van der Waals surface area contributed by atoms with E-state index in [0.717, 1.165) is 49.7 Å². The van der Waals surface area contributed by atoms with E-state index >= 15 is 0 Å². The molecule has 1 aliphatic rings. The Morgan fingerprint density at radius 2 is 1.57 bits per heavy atom. The van der Waals surface area contributed by atoms with Gasteiger partial charge >= 0.3 is 0 Å². The molecule has 5 nitrogen and oxygen atoms in total. The molecule has 0 unspecified atom stereocenters. The van der Waals surface area contributed by atoms with Crippen LogP contribution in [0.15, 0.2) is 60.8 Å². The van der Waals surface area contributed by atoms with E-state index in [1.54, 1.807) is 0 Å². The molecule has 0 saturated carbocycles. The Morgan fingerprint density at radius 3 is 2.18 bits per heavy atom. The number of carbonyl (C=O) groups excluding carboxylic acids is 1. The molecule has 0 aliphatic carbocycles. The summed E-state index contributed by atoms with van der Waals surface area (Å²) in [7, 11) is 0. The van der Waals surface area contributed by atoms with Crippen LogP contribution in [0, 0.1) is 13.8 Å². The average Bonchev–Trinajstić information content (AvgIpc) is 3.07. The third-order valence-electron chi connectivity index (χ3n) is 5.41. The van der Waals surface area contributed by atoms with E-state index in [9.17, 15) is 4.79 Å². The number of benzene rings is 1. The Hall–Kier alpha value is -2.92. The second kappa shape index (κ2) is 7.98. The van der Waals surface area contributed by atoms with Crippen molar-refractivity contribution in [1.29, 1.82) is 0 Å². The number of pyridine rings is 1. The Morgan fingerprint density at radius 1 is 0.893 bits per heavy atom. The Kier molecular flexibility index (Phi) is 5.26. The number of piperazine rings is 1. The van der Waals surface area contributed by atoms with Gasteiger partial charge in [0.25, 0.3) is 5.91 Å². The maximum Gasteiger partial charge on any atom is 0.253 e. The van der Waals surface area contributed by atoms with Gasteiger partial charge in [-0.15, -0.1) is 0 Å². The Labute approximate surface area is 166 Å². The second-order valence-electron chi connectivity index (χ2n) is 7.39. The summed E-state index contributed by atoms with van der Waals surface area (Å²) in [6.45, 7) is 8.29. The van der Waals surface area contributed by atoms with Gasteiger partial charge in [-0.25, -0.2) is 0 Å². The normalized spacial score (nSPS) is 15.0. The number of carbonyl (C=O) groups is 1. The van der Waals surface area contributed by atoms with E-state index in [1.807, 2.05) is 53.6 Å². The van der Waals surface area contributed by atoms with Gasteiger partial charge in [-0.1, -0.05) is 6.07 Å². The lowest BCUT2D eigenvalue weighted by Gasteiger charge is -2.34. The molecule has 0 atom stereocenters. The molecule has 1 saturated heterocycles. The number of aromatic nitrogens is 2. The summed E-state index contributed by atoms with van der Waals surface area (Å²) in [4.78, 5) is 21.6. The van der Waals surface area contributed by atoms with Crippen LogP contribution in [0.5, 0.6) is 0 Å². The van der Waals surface area contributed by atoms with Gasteiger partial charge in [0, 0.05) is 61.6 Å². The van der Waals surface area contributed by atoms with Crippen molar-refractivity contribution in [1.82, 2.24) is 19.4 Å². The smallest absolute Gasteiger partial charge is 0.253 e. The number of hydrogen-bond acceptors (Lipinski definition) is 3. The van der Waals surface area contributed by atoms with Crippen molar-refractivity contribution >= 4 is 5.91 Å². The predicted molar refractivity (Wildman–Crippen MR) is 111 cm³/mol. The average molecular weight is 374 g/mol. The maximum atomic E-state index is 12.9. The summed E-state index contributed by atoms with van der Waals surface area (Å²) in [5.74, 6) is 0.116. The molecule has 3 aromatic rings. The van der Waals surface area contributed by atoms with Crippen LogP contribution in [0.3, 0.4) is 0 Å². The number of aryl methyl sites for hydroxylation is 2. The van der Waals surface area contributed by atoms with Gasteiger partial charge in [0.05, 0.1) is 5.69 Å². The van der Waals surface area contributed by atoms with Crippen molar-refractivity contribution in [3.8, 4) is 5.69 Å². The first-order chi connectivity index (χ1) is 13.6. The summed E-state index contributed by atoms with van der Waals surface area (Å²) >= 11 is 0. The van der Waals surface area contributed by atoms with Gasteiger partial charge in [-0.05, 0) is 62.4 Å². The molecular formula is C23H26N4O. The SMILES string of the molecule is Cc1ccc(C)n1-c1ccc(C(=O)N2CCN(Cc3ccccn3)CC2)cc1. The molecule has 1 aromatic carbocycles. The summed E-state index contributed by atoms with van der Waals surface area (Å²) in [6.07, 6.45) is 1.83. The van der Waals surface area contributed by atoms with Crippen molar-refractivity contribution in [2.45, 2.75) is 20.4 Å². The molecule has 0 radical (unpaired) electrons. The lowest BCUT2D eigenvalue weighted by atomic mass is 10.1. The third kappa shape index (κ3) is 3.85. The first-order valence-electron chi connectivity index (χ1n) is 9.79. The molecule has 4 rings (SSSR count). The minimum absolute atomic E-state index is 0.116. The highest BCUT2D eigenvalue weighted by Gasteiger charge is 2.22. The summed E-state index contributed by atoms with van der Waals surface area (Å²) in [5.41, 5.74) is 5.32. The highest BCUT2D eigenvalue weighted by molar-refractivity contribution is 5.94. The van der Waals surface area contributed by atoms with Crippen LogP contribution in [0.2, 0.25) is 0 Å². The van der Waals surface area contributed by atoms with Gasteiger partial charge in [0.15, 0.2) is 0 Å². The Balaban J connectivity index is 1.37. The largest absolute Gasteiger partial charge is 0.336 e. The van der Waals surface area contributed by atoms with E-state index in [0.29, 0.717) is 0 Å². The minimum Gasteiger partial charge on any atom is -0.336 e. The molecule has 0 spiro atoms. The molecular weight excluding hydrogens is 348 g/mol. The van der Waals surface area contributed by atoms with Crippen molar-refractivity contribution in [3.05, 3.63) is 83.4 Å². The van der Waals surface area contributed by atoms with Gasteiger partial charge in [0.1, 0.15) is 0 Å².